The van der Waals surface area contributed by atoms with E-state index in [1.54, 1.807) is 0 Å². The Kier molecular flexibility index (Phi) is 5.81. The van der Waals surface area contributed by atoms with Crippen molar-refractivity contribution in [1.29, 1.82) is 0 Å². The van der Waals surface area contributed by atoms with Gasteiger partial charge in [-0.25, -0.2) is 4.79 Å². The van der Waals surface area contributed by atoms with Crippen molar-refractivity contribution in [3.05, 3.63) is 58.6 Å². The van der Waals surface area contributed by atoms with Crippen LogP contribution in [-0.2, 0) is 6.42 Å². The van der Waals surface area contributed by atoms with Crippen LogP contribution in [0.1, 0.15) is 25.3 Å². The first kappa shape index (κ1) is 15.6. The van der Waals surface area contributed by atoms with Crippen LogP contribution < -0.4 is 10.6 Å². The lowest BCUT2D eigenvalue weighted by Gasteiger charge is -2.08. The van der Waals surface area contributed by atoms with E-state index in [1.807, 2.05) is 36.4 Å². The van der Waals surface area contributed by atoms with Gasteiger partial charge in [-0.05, 0) is 54.8 Å². The Balaban J connectivity index is 1.88. The largest absolute Gasteiger partial charge is 0.323 e. The van der Waals surface area contributed by atoms with E-state index in [9.17, 15) is 4.79 Å². The maximum atomic E-state index is 11.9. The molecule has 0 aromatic heterocycles. The first-order valence-electron chi connectivity index (χ1n) is 7.10. The second kappa shape index (κ2) is 7.84. The lowest BCUT2D eigenvalue weighted by atomic mass is 10.1. The monoisotopic (exact) mass is 346 g/mol. The number of aryl methyl sites for hydroxylation is 1. The lowest BCUT2D eigenvalue weighted by molar-refractivity contribution is 0.262. The number of benzene rings is 2. The van der Waals surface area contributed by atoms with Gasteiger partial charge in [0.1, 0.15) is 0 Å². The lowest BCUT2D eigenvalue weighted by Crippen LogP contribution is -2.19. The highest BCUT2D eigenvalue weighted by Gasteiger charge is 2.02. The van der Waals surface area contributed by atoms with Gasteiger partial charge in [-0.3, -0.25) is 0 Å². The quantitative estimate of drug-likeness (QED) is 0.743. The number of unbranched alkanes of at least 4 members (excludes halogenated alkanes) is 1. The second-order valence-electron chi connectivity index (χ2n) is 4.89. The van der Waals surface area contributed by atoms with E-state index >= 15 is 0 Å². The summed E-state index contributed by atoms with van der Waals surface area (Å²) in [4.78, 5) is 11.9. The molecule has 0 bridgehead atoms. The zero-order valence-electron chi connectivity index (χ0n) is 12.0. The van der Waals surface area contributed by atoms with Crippen LogP contribution in [0.3, 0.4) is 0 Å². The smallest absolute Gasteiger partial charge is 0.308 e. The van der Waals surface area contributed by atoms with E-state index in [0.717, 1.165) is 22.3 Å². The van der Waals surface area contributed by atoms with Crippen molar-refractivity contribution < 1.29 is 4.79 Å². The summed E-state index contributed by atoms with van der Waals surface area (Å²) in [6, 6.07) is 15.2. The summed E-state index contributed by atoms with van der Waals surface area (Å²) in [5.74, 6) is 0. The maximum Gasteiger partial charge on any atom is 0.323 e. The summed E-state index contributed by atoms with van der Waals surface area (Å²) in [5, 5.41) is 5.62. The Morgan fingerprint density at radius 3 is 2.00 bits per heavy atom. The fourth-order valence-electron chi connectivity index (χ4n) is 1.96. The molecule has 2 aromatic rings. The highest BCUT2D eigenvalue weighted by Crippen LogP contribution is 2.15. The minimum Gasteiger partial charge on any atom is -0.308 e. The number of nitrogens with one attached hydrogen (secondary N) is 2. The summed E-state index contributed by atoms with van der Waals surface area (Å²) in [6.45, 7) is 2.18. The van der Waals surface area contributed by atoms with Crippen LogP contribution in [0.15, 0.2) is 53.0 Å². The van der Waals surface area contributed by atoms with Crippen molar-refractivity contribution >= 4 is 33.3 Å². The van der Waals surface area contributed by atoms with E-state index in [-0.39, 0.29) is 6.03 Å². The van der Waals surface area contributed by atoms with E-state index < -0.39 is 0 Å². The topological polar surface area (TPSA) is 41.1 Å². The van der Waals surface area contributed by atoms with Gasteiger partial charge in [-0.1, -0.05) is 41.4 Å². The molecule has 0 aliphatic rings. The van der Waals surface area contributed by atoms with Gasteiger partial charge in [-0.2, -0.15) is 0 Å². The third-order valence-corrected chi connectivity index (χ3v) is 3.66. The molecule has 2 N–H and O–H groups in total. The van der Waals surface area contributed by atoms with Gasteiger partial charge >= 0.3 is 6.03 Å². The Morgan fingerprint density at radius 1 is 0.952 bits per heavy atom. The molecule has 2 aromatic carbocycles. The number of carbonyl (C=O) groups is 1. The molecule has 3 nitrogen and oxygen atoms in total. The zero-order valence-corrected chi connectivity index (χ0v) is 13.6. The molecule has 4 heteroatoms. The summed E-state index contributed by atoms with van der Waals surface area (Å²) < 4.78 is 0.983. The first-order valence-corrected chi connectivity index (χ1v) is 7.89. The number of hydrogen-bond acceptors (Lipinski definition) is 1. The van der Waals surface area contributed by atoms with Crippen LogP contribution in [-0.4, -0.2) is 6.03 Å². The van der Waals surface area contributed by atoms with Gasteiger partial charge in [0, 0.05) is 15.8 Å². The highest BCUT2D eigenvalue weighted by molar-refractivity contribution is 9.10. The third-order valence-electron chi connectivity index (χ3n) is 3.13. The van der Waals surface area contributed by atoms with Crippen LogP contribution in [0, 0.1) is 0 Å². The van der Waals surface area contributed by atoms with Gasteiger partial charge in [0.2, 0.25) is 0 Å². The van der Waals surface area contributed by atoms with Crippen molar-refractivity contribution in [2.75, 3.05) is 10.6 Å². The second-order valence-corrected chi connectivity index (χ2v) is 5.80. The summed E-state index contributed by atoms with van der Waals surface area (Å²) in [5.41, 5.74) is 2.86. The van der Waals surface area contributed by atoms with Gasteiger partial charge in [0.05, 0.1) is 0 Å². The van der Waals surface area contributed by atoms with Crippen molar-refractivity contribution in [1.82, 2.24) is 0 Å². The average Bonchev–Trinajstić information content (AvgIpc) is 2.49. The van der Waals surface area contributed by atoms with Crippen LogP contribution in [0.25, 0.3) is 0 Å². The van der Waals surface area contributed by atoms with Crippen LogP contribution >= 0.6 is 15.9 Å². The molecule has 0 fully saturated rings. The molecule has 2 rings (SSSR count). The molecule has 0 saturated carbocycles. The number of amides is 2. The van der Waals surface area contributed by atoms with Gasteiger partial charge in [0.25, 0.3) is 0 Å². The van der Waals surface area contributed by atoms with Crippen molar-refractivity contribution in [2.45, 2.75) is 26.2 Å². The molecular formula is C17H19BrN2O. The molecule has 0 atom stereocenters. The Hall–Kier alpha value is -1.81. The van der Waals surface area contributed by atoms with Gasteiger partial charge in [-0.15, -0.1) is 0 Å². The summed E-state index contributed by atoms with van der Waals surface area (Å²) >= 11 is 3.36. The fourth-order valence-corrected chi connectivity index (χ4v) is 2.23. The molecular weight excluding hydrogens is 328 g/mol. The normalized spacial score (nSPS) is 10.2. The van der Waals surface area contributed by atoms with Gasteiger partial charge < -0.3 is 10.6 Å². The summed E-state index contributed by atoms with van der Waals surface area (Å²) in [7, 11) is 0. The number of hydrogen-bond donors (Lipinski definition) is 2. The highest BCUT2D eigenvalue weighted by atomic mass is 79.9. The molecule has 0 heterocycles. The van der Waals surface area contributed by atoms with Crippen LogP contribution in [0.2, 0.25) is 0 Å². The Labute approximate surface area is 133 Å². The van der Waals surface area contributed by atoms with E-state index in [2.05, 4.69) is 45.6 Å². The Bertz CT molecular complexity index is 579. The number of urea groups is 1. The Morgan fingerprint density at radius 2 is 1.48 bits per heavy atom. The molecule has 0 spiro atoms. The predicted molar refractivity (Wildman–Crippen MR) is 91.8 cm³/mol. The minimum atomic E-state index is -0.237. The first-order chi connectivity index (χ1) is 10.2. The standard InChI is InChI=1S/C17H19BrN2O/c1-2-3-4-13-5-9-15(10-6-13)19-17(21)20-16-11-7-14(18)8-12-16/h5-12H,2-4H2,1H3,(H2,19,20,21). The SMILES string of the molecule is CCCCc1ccc(NC(=O)Nc2ccc(Br)cc2)cc1. The fraction of sp³-hybridized carbons (Fsp3) is 0.235. The van der Waals surface area contributed by atoms with E-state index in [4.69, 9.17) is 0 Å². The van der Waals surface area contributed by atoms with Crippen molar-refractivity contribution in [3.8, 4) is 0 Å². The molecule has 0 radical (unpaired) electrons. The number of rotatable bonds is 5. The van der Waals surface area contributed by atoms with Crippen molar-refractivity contribution in [3.63, 3.8) is 0 Å². The average molecular weight is 347 g/mol. The molecule has 0 saturated heterocycles. The molecule has 2 amide bonds. The van der Waals surface area contributed by atoms with E-state index in [0.29, 0.717) is 0 Å². The molecule has 21 heavy (non-hydrogen) atoms. The van der Waals surface area contributed by atoms with Gasteiger partial charge in [0.15, 0.2) is 0 Å². The predicted octanol–water partition coefficient (Wildman–Crippen LogP) is 5.44. The third kappa shape index (κ3) is 5.23. The zero-order chi connectivity index (χ0) is 15.1. The molecule has 0 aliphatic carbocycles. The van der Waals surface area contributed by atoms with Crippen LogP contribution in [0.5, 0.6) is 0 Å². The number of halogens is 1. The van der Waals surface area contributed by atoms with E-state index in [1.165, 1.54) is 18.4 Å². The minimum absolute atomic E-state index is 0.237. The number of carbonyl (C=O) groups excluding carboxylic acids is 1. The van der Waals surface area contributed by atoms with Crippen molar-refractivity contribution in [2.24, 2.45) is 0 Å². The molecule has 110 valence electrons. The number of anilines is 2. The summed E-state index contributed by atoms with van der Waals surface area (Å²) in [6.07, 6.45) is 3.47. The maximum absolute atomic E-state index is 11.9. The van der Waals surface area contributed by atoms with Crippen LogP contribution in [0.4, 0.5) is 16.2 Å². The molecule has 0 unspecified atom stereocenters. The molecule has 0 aliphatic heterocycles.